The Hall–Kier alpha value is 0.0800. The minimum atomic E-state index is -1.51. The van der Waals surface area contributed by atoms with E-state index in [9.17, 15) is 0 Å². The Morgan fingerprint density at radius 2 is 1.69 bits per heavy atom. The van der Waals surface area contributed by atoms with Crippen LogP contribution in [0.2, 0.25) is 10.0 Å². The normalized spacial score (nSPS) is 12.1. The molecule has 1 heterocycles. The Morgan fingerprint density at radius 1 is 1.00 bits per heavy atom. The second-order valence-corrected chi connectivity index (χ2v) is 6.31. The monoisotopic (exact) mass is 313 g/mol. The molecule has 0 saturated heterocycles. The molecule has 0 amide bonds. The summed E-state index contributed by atoms with van der Waals surface area (Å²) in [6.45, 7) is 0. The first kappa shape index (κ1) is 12.5. The van der Waals surface area contributed by atoms with Gasteiger partial charge in [0.1, 0.15) is 0 Å². The maximum atomic E-state index is 6.04. The Morgan fingerprint density at radius 3 is 2.31 bits per heavy atom. The van der Waals surface area contributed by atoms with Crippen LogP contribution < -0.4 is 0 Å². The van der Waals surface area contributed by atoms with Crippen LogP contribution in [0, 0.1) is 0 Å². The average molecular weight is 315 g/mol. The molecule has 0 unspecified atom stereocenters. The fourth-order valence-electron chi connectivity index (χ4n) is 1.34. The molecular weight excluding hydrogens is 311 g/mol. The van der Waals surface area contributed by atoms with Crippen molar-refractivity contribution in [3.63, 3.8) is 0 Å². The molecule has 0 aliphatic heterocycles. The van der Waals surface area contributed by atoms with Crippen molar-refractivity contribution in [2.24, 2.45) is 0 Å². The Labute approximate surface area is 117 Å². The van der Waals surface area contributed by atoms with Crippen LogP contribution in [0.4, 0.5) is 0 Å². The number of alkyl halides is 3. The van der Waals surface area contributed by atoms with Gasteiger partial charge in [0.25, 0.3) is 0 Å². The molecule has 0 atom stereocenters. The molecule has 1 aromatic heterocycles. The first-order valence-corrected chi connectivity index (χ1v) is 6.09. The summed E-state index contributed by atoms with van der Waals surface area (Å²) in [6.07, 6.45) is 1.52. The summed E-state index contributed by atoms with van der Waals surface area (Å²) in [6, 6.07) is 5.00. The van der Waals surface area contributed by atoms with Crippen LogP contribution in [0.25, 0.3) is 10.9 Å². The molecule has 0 saturated carbocycles. The van der Waals surface area contributed by atoms with Crippen LogP contribution in [0.3, 0.4) is 0 Å². The van der Waals surface area contributed by atoms with Gasteiger partial charge < -0.3 is 0 Å². The molecule has 1 aromatic carbocycles. The van der Waals surface area contributed by atoms with E-state index in [4.69, 9.17) is 58.0 Å². The van der Waals surface area contributed by atoms with Crippen molar-refractivity contribution in [3.05, 3.63) is 40.0 Å². The number of fused-ring (bicyclic) bond motifs is 1. The van der Waals surface area contributed by atoms with Crippen molar-refractivity contribution >= 4 is 68.9 Å². The summed E-state index contributed by atoms with van der Waals surface area (Å²) in [5.74, 6) is 0. The number of rotatable bonds is 0. The Kier molecular flexibility index (Phi) is 3.44. The molecule has 1 nitrogen and oxygen atoms in total. The van der Waals surface area contributed by atoms with Gasteiger partial charge in [0, 0.05) is 17.1 Å². The van der Waals surface area contributed by atoms with E-state index in [1.807, 2.05) is 0 Å². The van der Waals surface area contributed by atoms with Crippen molar-refractivity contribution < 1.29 is 0 Å². The summed E-state index contributed by atoms with van der Waals surface area (Å²) in [4.78, 5) is 4.11. The summed E-state index contributed by atoms with van der Waals surface area (Å²) in [5, 5.41) is 1.67. The zero-order valence-corrected chi connectivity index (χ0v) is 11.4. The average Bonchev–Trinajstić information content (AvgIpc) is 2.15. The lowest BCUT2D eigenvalue weighted by Gasteiger charge is -2.12. The van der Waals surface area contributed by atoms with Gasteiger partial charge in [0.15, 0.2) is 0 Å². The molecule has 2 rings (SSSR count). The lowest BCUT2D eigenvalue weighted by molar-refractivity contribution is 1.25. The highest BCUT2D eigenvalue weighted by atomic mass is 35.6. The smallest absolute Gasteiger partial charge is 0.216 e. The number of aromatic nitrogens is 1. The third-order valence-corrected chi connectivity index (χ3v) is 3.18. The maximum Gasteiger partial charge on any atom is 0.216 e. The maximum absolute atomic E-state index is 6.04. The van der Waals surface area contributed by atoms with Crippen LogP contribution in [0.1, 0.15) is 5.56 Å². The van der Waals surface area contributed by atoms with E-state index < -0.39 is 3.79 Å². The fourth-order valence-corrected chi connectivity index (χ4v) is 2.11. The van der Waals surface area contributed by atoms with E-state index >= 15 is 0 Å². The van der Waals surface area contributed by atoms with Crippen LogP contribution in [0.15, 0.2) is 24.4 Å². The largest absolute Gasteiger partial charge is 0.253 e. The van der Waals surface area contributed by atoms with Crippen molar-refractivity contribution in [3.8, 4) is 0 Å². The molecule has 0 aliphatic rings. The highest BCUT2D eigenvalue weighted by Gasteiger charge is 2.24. The van der Waals surface area contributed by atoms with E-state index in [1.54, 1.807) is 18.2 Å². The summed E-state index contributed by atoms with van der Waals surface area (Å²) >= 11 is 29.2. The number of benzene rings is 1. The van der Waals surface area contributed by atoms with Gasteiger partial charge in [-0.15, -0.1) is 0 Å². The lowest BCUT2D eigenvalue weighted by Crippen LogP contribution is -2.00. The van der Waals surface area contributed by atoms with Crippen LogP contribution >= 0.6 is 58.0 Å². The molecule has 6 heteroatoms. The third-order valence-electron chi connectivity index (χ3n) is 2.03. The molecule has 0 radical (unpaired) electrons. The highest BCUT2D eigenvalue weighted by Crippen LogP contribution is 2.41. The van der Waals surface area contributed by atoms with E-state index in [0.717, 1.165) is 5.39 Å². The molecule has 2 aromatic rings. The molecular formula is C10H4Cl5N. The van der Waals surface area contributed by atoms with E-state index in [2.05, 4.69) is 4.98 Å². The van der Waals surface area contributed by atoms with Gasteiger partial charge in [-0.25, -0.2) is 0 Å². The highest BCUT2D eigenvalue weighted by molar-refractivity contribution is 6.66. The quantitative estimate of drug-likeness (QED) is 0.596. The van der Waals surface area contributed by atoms with Gasteiger partial charge in [0.05, 0.1) is 15.6 Å². The minimum Gasteiger partial charge on any atom is -0.253 e. The van der Waals surface area contributed by atoms with Crippen LogP contribution in [0.5, 0.6) is 0 Å². The first-order chi connectivity index (χ1) is 7.38. The zero-order chi connectivity index (χ0) is 11.9. The van der Waals surface area contributed by atoms with Gasteiger partial charge >= 0.3 is 0 Å². The summed E-state index contributed by atoms with van der Waals surface area (Å²) in [5.41, 5.74) is 1.11. The molecule has 84 valence electrons. The van der Waals surface area contributed by atoms with Gasteiger partial charge in [-0.3, -0.25) is 4.98 Å². The molecule has 0 aliphatic carbocycles. The van der Waals surface area contributed by atoms with E-state index in [0.29, 0.717) is 21.1 Å². The number of pyridine rings is 1. The SMILES string of the molecule is Clc1cnc2c(Cl)cc(C(Cl)(Cl)Cl)cc2c1. The first-order valence-electron chi connectivity index (χ1n) is 4.20. The predicted octanol–water partition coefficient (Wildman–Crippen LogP) is 5.37. The summed E-state index contributed by atoms with van der Waals surface area (Å²) < 4.78 is -1.51. The van der Waals surface area contributed by atoms with Crippen molar-refractivity contribution in [1.82, 2.24) is 4.98 Å². The van der Waals surface area contributed by atoms with Crippen LogP contribution in [-0.4, -0.2) is 4.98 Å². The zero-order valence-electron chi connectivity index (χ0n) is 7.65. The third kappa shape index (κ3) is 2.49. The minimum absolute atomic E-state index is 0.426. The Bertz CT molecular complexity index is 547. The lowest BCUT2D eigenvalue weighted by atomic mass is 10.1. The Balaban J connectivity index is 2.75. The molecule has 0 fully saturated rings. The van der Waals surface area contributed by atoms with Crippen molar-refractivity contribution in [1.29, 1.82) is 0 Å². The standard InChI is InChI=1S/C10H4Cl5N/c11-7-2-5-1-6(10(13,14)15)3-8(12)9(5)16-4-7/h1-4H. The second kappa shape index (κ2) is 4.40. The number of nitrogens with zero attached hydrogens (tertiary/aromatic N) is 1. The van der Waals surface area contributed by atoms with Gasteiger partial charge in [-0.2, -0.15) is 0 Å². The molecule has 0 bridgehead atoms. The van der Waals surface area contributed by atoms with E-state index in [1.165, 1.54) is 6.20 Å². The molecule has 0 spiro atoms. The number of halogens is 5. The van der Waals surface area contributed by atoms with Crippen LogP contribution in [-0.2, 0) is 3.79 Å². The second-order valence-electron chi connectivity index (χ2n) is 3.18. The predicted molar refractivity (Wildman–Crippen MR) is 71.0 cm³/mol. The van der Waals surface area contributed by atoms with Gasteiger partial charge in [0.2, 0.25) is 3.79 Å². The van der Waals surface area contributed by atoms with Crippen molar-refractivity contribution in [2.45, 2.75) is 3.79 Å². The van der Waals surface area contributed by atoms with Gasteiger partial charge in [-0.05, 0) is 18.2 Å². The summed E-state index contributed by atoms with van der Waals surface area (Å²) in [7, 11) is 0. The fraction of sp³-hybridized carbons (Fsp3) is 0.100. The van der Waals surface area contributed by atoms with E-state index in [-0.39, 0.29) is 0 Å². The number of hydrogen-bond acceptors (Lipinski definition) is 1. The van der Waals surface area contributed by atoms with Gasteiger partial charge in [-0.1, -0.05) is 58.0 Å². The molecule has 0 N–H and O–H groups in total. The van der Waals surface area contributed by atoms with Crippen molar-refractivity contribution in [2.75, 3.05) is 0 Å². The topological polar surface area (TPSA) is 12.9 Å². The molecule has 16 heavy (non-hydrogen) atoms. The number of hydrogen-bond donors (Lipinski definition) is 0.